The molecule has 112 valence electrons. The zero-order chi connectivity index (χ0) is 15.5. The highest BCUT2D eigenvalue weighted by Gasteiger charge is 2.26. The van der Waals surface area contributed by atoms with Gasteiger partial charge in [0.15, 0.2) is 0 Å². The van der Waals surface area contributed by atoms with Gasteiger partial charge in [0.2, 0.25) is 10.0 Å². The number of hydrogen-bond acceptors (Lipinski definition) is 4. The fraction of sp³-hybridized carbons (Fsp3) is 0.455. The van der Waals surface area contributed by atoms with Gasteiger partial charge in [-0.1, -0.05) is 6.92 Å². The third kappa shape index (κ3) is 3.36. The summed E-state index contributed by atoms with van der Waals surface area (Å²) in [7, 11) is -1.04. The Balaban J connectivity index is 3.11. The number of hydrogen-bond donors (Lipinski definition) is 3. The molecule has 0 bridgehead atoms. The number of aliphatic carboxylic acids is 1. The molecule has 1 heterocycles. The van der Waals surface area contributed by atoms with Crippen LogP contribution in [0.15, 0.2) is 17.2 Å². The van der Waals surface area contributed by atoms with Crippen LogP contribution >= 0.6 is 0 Å². The quantitative estimate of drug-likeness (QED) is 0.656. The van der Waals surface area contributed by atoms with Crippen LogP contribution < -0.4 is 10.0 Å². The van der Waals surface area contributed by atoms with Crippen molar-refractivity contribution in [3.8, 4) is 0 Å². The molecule has 0 aliphatic carbocycles. The predicted molar refractivity (Wildman–Crippen MR) is 70.8 cm³/mol. The zero-order valence-electron chi connectivity index (χ0n) is 11.4. The second kappa shape index (κ2) is 6.06. The number of nitrogens with zero attached hydrogens (tertiary/aromatic N) is 1. The summed E-state index contributed by atoms with van der Waals surface area (Å²) in [5.74, 6) is -1.68. The van der Waals surface area contributed by atoms with Crippen LogP contribution in [0.3, 0.4) is 0 Å². The molecule has 0 unspecified atom stereocenters. The average Bonchev–Trinajstić information content (AvgIpc) is 2.77. The lowest BCUT2D eigenvalue weighted by Gasteiger charge is -2.11. The van der Waals surface area contributed by atoms with Crippen LogP contribution in [-0.2, 0) is 21.9 Å². The Morgan fingerprint density at radius 1 is 1.45 bits per heavy atom. The summed E-state index contributed by atoms with van der Waals surface area (Å²) in [5, 5.41) is 11.3. The van der Waals surface area contributed by atoms with Crippen molar-refractivity contribution in [3.63, 3.8) is 0 Å². The molecule has 1 rings (SSSR count). The monoisotopic (exact) mass is 303 g/mol. The van der Waals surface area contributed by atoms with E-state index in [1.165, 1.54) is 30.9 Å². The molecule has 0 aromatic carbocycles. The lowest BCUT2D eigenvalue weighted by molar-refractivity contribution is -0.139. The summed E-state index contributed by atoms with van der Waals surface area (Å²) in [5.41, 5.74) is 0.163. The van der Waals surface area contributed by atoms with E-state index in [1.54, 1.807) is 6.92 Å². The Labute approximate surface area is 116 Å². The fourth-order valence-corrected chi connectivity index (χ4v) is 2.94. The van der Waals surface area contributed by atoms with Gasteiger partial charge in [-0.2, -0.15) is 4.72 Å². The van der Waals surface area contributed by atoms with E-state index in [1.807, 2.05) is 0 Å². The van der Waals surface area contributed by atoms with Crippen LogP contribution in [0.5, 0.6) is 0 Å². The van der Waals surface area contributed by atoms with Gasteiger partial charge in [0.1, 0.15) is 16.6 Å². The summed E-state index contributed by atoms with van der Waals surface area (Å²) in [4.78, 5) is 22.2. The minimum absolute atomic E-state index is 0.115. The normalized spacial score (nSPS) is 12.9. The molecule has 0 aliphatic rings. The number of carboxylic acid groups (broad SMARTS) is 1. The molecule has 20 heavy (non-hydrogen) atoms. The highest BCUT2D eigenvalue weighted by atomic mass is 32.2. The number of aromatic nitrogens is 1. The molecule has 1 atom stereocenters. The van der Waals surface area contributed by atoms with Gasteiger partial charge in [-0.05, 0) is 12.5 Å². The summed E-state index contributed by atoms with van der Waals surface area (Å²) in [6.07, 6.45) is 1.37. The molecule has 1 aromatic rings. The average molecular weight is 303 g/mol. The van der Waals surface area contributed by atoms with Crippen LogP contribution in [0.4, 0.5) is 0 Å². The van der Waals surface area contributed by atoms with E-state index in [0.717, 1.165) is 0 Å². The number of aryl methyl sites for hydroxylation is 1. The van der Waals surface area contributed by atoms with E-state index in [9.17, 15) is 18.0 Å². The molecule has 8 nitrogen and oxygen atoms in total. The molecule has 0 spiro atoms. The van der Waals surface area contributed by atoms with Crippen LogP contribution in [0.25, 0.3) is 0 Å². The first kappa shape index (κ1) is 16.2. The fourth-order valence-electron chi connectivity index (χ4n) is 1.60. The van der Waals surface area contributed by atoms with Gasteiger partial charge in [0, 0.05) is 20.3 Å². The van der Waals surface area contributed by atoms with Gasteiger partial charge in [-0.15, -0.1) is 0 Å². The van der Waals surface area contributed by atoms with Gasteiger partial charge in [0.05, 0.1) is 0 Å². The van der Waals surface area contributed by atoms with Gasteiger partial charge in [-0.3, -0.25) is 9.59 Å². The zero-order valence-corrected chi connectivity index (χ0v) is 12.2. The molecule has 0 saturated carbocycles. The SMILES string of the molecule is CC[C@H](NS(=O)(=O)c1cc(C(=O)NC)n(C)c1)C(=O)O. The molecule has 0 saturated heterocycles. The topological polar surface area (TPSA) is 117 Å². The maximum absolute atomic E-state index is 12.1. The molecular weight excluding hydrogens is 286 g/mol. The molecule has 0 radical (unpaired) electrons. The standard InChI is InChI=1S/C11H17N3O5S/c1-4-8(11(16)17)13-20(18,19)7-5-9(10(15)12-2)14(3)6-7/h5-6,8,13H,4H2,1-3H3,(H,12,15)(H,16,17)/t8-/m0/s1. The second-order valence-corrected chi connectivity index (χ2v) is 5.89. The molecule has 1 amide bonds. The van der Waals surface area contributed by atoms with Gasteiger partial charge in [0.25, 0.3) is 5.91 Å². The van der Waals surface area contributed by atoms with Crippen LogP contribution in [0.1, 0.15) is 23.8 Å². The van der Waals surface area contributed by atoms with Crippen LogP contribution in [0, 0.1) is 0 Å². The van der Waals surface area contributed by atoms with Crippen molar-refractivity contribution >= 4 is 21.9 Å². The third-order valence-corrected chi connectivity index (χ3v) is 4.19. The molecular formula is C11H17N3O5S. The number of carbonyl (C=O) groups excluding carboxylic acids is 1. The molecule has 0 aliphatic heterocycles. The van der Waals surface area contributed by atoms with E-state index < -0.39 is 27.9 Å². The Hall–Kier alpha value is -1.87. The summed E-state index contributed by atoms with van der Waals surface area (Å²) < 4.78 is 27.6. The summed E-state index contributed by atoms with van der Waals surface area (Å²) in [6.45, 7) is 1.56. The maximum Gasteiger partial charge on any atom is 0.321 e. The smallest absolute Gasteiger partial charge is 0.321 e. The Bertz CT molecular complexity index is 620. The summed E-state index contributed by atoms with van der Waals surface area (Å²) >= 11 is 0. The van der Waals surface area contributed by atoms with Crippen molar-refractivity contribution in [2.75, 3.05) is 7.05 Å². The van der Waals surface area contributed by atoms with Crippen molar-refractivity contribution in [2.45, 2.75) is 24.3 Å². The van der Waals surface area contributed by atoms with Crippen molar-refractivity contribution in [2.24, 2.45) is 7.05 Å². The lowest BCUT2D eigenvalue weighted by atomic mass is 10.2. The molecule has 3 N–H and O–H groups in total. The predicted octanol–water partition coefficient (Wildman–Crippen LogP) is -0.474. The van der Waals surface area contributed by atoms with Crippen molar-refractivity contribution in [3.05, 3.63) is 18.0 Å². The van der Waals surface area contributed by atoms with E-state index in [-0.39, 0.29) is 17.0 Å². The highest BCUT2D eigenvalue weighted by Crippen LogP contribution is 2.14. The number of carbonyl (C=O) groups is 2. The molecule has 9 heteroatoms. The highest BCUT2D eigenvalue weighted by molar-refractivity contribution is 7.89. The first-order valence-electron chi connectivity index (χ1n) is 5.86. The van der Waals surface area contributed by atoms with Gasteiger partial charge < -0.3 is 15.0 Å². The van der Waals surface area contributed by atoms with Crippen LogP contribution in [0.2, 0.25) is 0 Å². The number of sulfonamides is 1. The number of rotatable bonds is 6. The van der Waals surface area contributed by atoms with Crippen molar-refractivity contribution in [1.29, 1.82) is 0 Å². The van der Waals surface area contributed by atoms with E-state index in [0.29, 0.717) is 0 Å². The minimum atomic E-state index is -3.99. The van der Waals surface area contributed by atoms with Crippen molar-refractivity contribution < 1.29 is 23.1 Å². The Kier molecular flexibility index (Phi) is 4.90. The second-order valence-electron chi connectivity index (χ2n) is 4.17. The maximum atomic E-state index is 12.1. The van der Waals surface area contributed by atoms with E-state index >= 15 is 0 Å². The van der Waals surface area contributed by atoms with Crippen molar-refractivity contribution in [1.82, 2.24) is 14.6 Å². The summed E-state index contributed by atoms with van der Waals surface area (Å²) in [6, 6.07) is -0.0147. The van der Waals surface area contributed by atoms with E-state index in [4.69, 9.17) is 5.11 Å². The Morgan fingerprint density at radius 2 is 2.05 bits per heavy atom. The first-order valence-corrected chi connectivity index (χ1v) is 7.34. The first-order chi connectivity index (χ1) is 9.22. The number of nitrogens with one attached hydrogen (secondary N) is 2. The van der Waals surface area contributed by atoms with Gasteiger partial charge in [-0.25, -0.2) is 8.42 Å². The number of carboxylic acids is 1. The molecule has 1 aromatic heterocycles. The van der Waals surface area contributed by atoms with Gasteiger partial charge >= 0.3 is 5.97 Å². The number of amides is 1. The van der Waals surface area contributed by atoms with Crippen LogP contribution in [-0.4, -0.2) is 43.1 Å². The Morgan fingerprint density at radius 3 is 2.50 bits per heavy atom. The molecule has 0 fully saturated rings. The minimum Gasteiger partial charge on any atom is -0.480 e. The lowest BCUT2D eigenvalue weighted by Crippen LogP contribution is -2.40. The van der Waals surface area contributed by atoms with E-state index in [2.05, 4.69) is 10.0 Å². The third-order valence-electron chi connectivity index (χ3n) is 2.75. The largest absolute Gasteiger partial charge is 0.480 e.